The quantitative estimate of drug-likeness (QED) is 0.663. The minimum atomic E-state index is 0.299. The number of nitrogens with zero attached hydrogens (tertiary/aromatic N) is 1. The summed E-state index contributed by atoms with van der Waals surface area (Å²) in [6.45, 7) is 0. The Balaban J connectivity index is 1.66. The molecule has 1 aromatic heterocycles. The maximum absolute atomic E-state index is 5.88. The molecule has 20 heavy (non-hydrogen) atoms. The first-order chi connectivity index (χ1) is 9.88. The Morgan fingerprint density at radius 3 is 2.70 bits per heavy atom. The first kappa shape index (κ1) is 12.3. The largest absolute Gasteiger partial charge is 0.271 e. The number of pyridine rings is 1. The van der Waals surface area contributed by atoms with Crippen molar-refractivity contribution in [1.82, 2.24) is 10.4 Å². The van der Waals surface area contributed by atoms with E-state index in [9.17, 15) is 0 Å². The summed E-state index contributed by atoms with van der Waals surface area (Å²) < 4.78 is 0. The van der Waals surface area contributed by atoms with Gasteiger partial charge in [-0.2, -0.15) is 0 Å². The number of nitrogens with one attached hydrogen (secondary N) is 1. The molecule has 2 aliphatic rings. The Labute approximate surface area is 119 Å². The molecule has 104 valence electrons. The summed E-state index contributed by atoms with van der Waals surface area (Å²) in [4.78, 5) is 4.39. The molecule has 2 aliphatic carbocycles. The first-order valence-corrected chi connectivity index (χ1v) is 7.69. The summed E-state index contributed by atoms with van der Waals surface area (Å²) in [6, 6.07) is 11.0. The van der Waals surface area contributed by atoms with Crippen LogP contribution in [0.2, 0.25) is 0 Å². The highest BCUT2D eigenvalue weighted by molar-refractivity contribution is 5.79. The van der Waals surface area contributed by atoms with Crippen LogP contribution < -0.4 is 11.3 Å². The summed E-state index contributed by atoms with van der Waals surface area (Å²) in [5, 5.41) is 1.20. The molecule has 0 saturated heterocycles. The fourth-order valence-corrected chi connectivity index (χ4v) is 4.26. The van der Waals surface area contributed by atoms with E-state index in [1.807, 2.05) is 12.3 Å². The zero-order valence-electron chi connectivity index (χ0n) is 11.6. The second kappa shape index (κ2) is 4.83. The number of fused-ring (bicyclic) bond motifs is 2. The molecule has 0 radical (unpaired) electrons. The predicted octanol–water partition coefficient (Wildman–Crippen LogP) is 3.18. The Morgan fingerprint density at radius 1 is 1.15 bits per heavy atom. The summed E-state index contributed by atoms with van der Waals surface area (Å²) in [5.41, 5.74) is 5.45. The third-order valence-corrected chi connectivity index (χ3v) is 5.27. The van der Waals surface area contributed by atoms with E-state index in [1.54, 1.807) is 0 Å². The Bertz CT molecular complexity index is 612. The van der Waals surface area contributed by atoms with Crippen LogP contribution in [0.25, 0.3) is 10.9 Å². The molecule has 0 bridgehead atoms. The smallest absolute Gasteiger partial charge is 0.0702 e. The molecule has 4 rings (SSSR count). The fourth-order valence-electron chi connectivity index (χ4n) is 4.26. The number of benzene rings is 1. The SMILES string of the molecule is NNC(c1ccc2ncccc2c1)C1C2CCCCC21. The van der Waals surface area contributed by atoms with Gasteiger partial charge in [-0.1, -0.05) is 25.0 Å². The van der Waals surface area contributed by atoms with Crippen LogP contribution in [0.1, 0.15) is 37.3 Å². The van der Waals surface area contributed by atoms with Gasteiger partial charge in [0.1, 0.15) is 0 Å². The minimum absolute atomic E-state index is 0.299. The van der Waals surface area contributed by atoms with Crippen molar-refractivity contribution in [3.05, 3.63) is 42.1 Å². The van der Waals surface area contributed by atoms with Gasteiger partial charge < -0.3 is 0 Å². The molecular weight excluding hydrogens is 246 g/mol. The van der Waals surface area contributed by atoms with Gasteiger partial charge in [-0.05, 0) is 54.4 Å². The Hall–Kier alpha value is -1.45. The number of rotatable bonds is 3. The highest BCUT2D eigenvalue weighted by Crippen LogP contribution is 2.60. The van der Waals surface area contributed by atoms with E-state index in [-0.39, 0.29) is 0 Å². The normalized spacial score (nSPS) is 29.9. The molecule has 0 aliphatic heterocycles. The lowest BCUT2D eigenvalue weighted by molar-refractivity contribution is 0.457. The van der Waals surface area contributed by atoms with Crippen molar-refractivity contribution in [2.45, 2.75) is 31.7 Å². The first-order valence-electron chi connectivity index (χ1n) is 7.69. The lowest BCUT2D eigenvalue weighted by Gasteiger charge is -2.17. The minimum Gasteiger partial charge on any atom is -0.271 e. The van der Waals surface area contributed by atoms with Gasteiger partial charge in [0.2, 0.25) is 0 Å². The van der Waals surface area contributed by atoms with Crippen LogP contribution in [0, 0.1) is 17.8 Å². The van der Waals surface area contributed by atoms with E-state index in [0.717, 1.165) is 23.3 Å². The molecule has 3 nitrogen and oxygen atoms in total. The van der Waals surface area contributed by atoms with E-state index in [2.05, 4.69) is 34.7 Å². The van der Waals surface area contributed by atoms with Gasteiger partial charge in [-0.3, -0.25) is 16.3 Å². The summed E-state index contributed by atoms with van der Waals surface area (Å²) >= 11 is 0. The predicted molar refractivity (Wildman–Crippen MR) is 80.7 cm³/mol. The molecule has 2 saturated carbocycles. The van der Waals surface area contributed by atoms with Crippen LogP contribution in [0.3, 0.4) is 0 Å². The van der Waals surface area contributed by atoms with Crippen molar-refractivity contribution >= 4 is 10.9 Å². The van der Waals surface area contributed by atoms with Gasteiger partial charge in [-0.25, -0.2) is 0 Å². The molecule has 3 N–H and O–H groups in total. The number of nitrogens with two attached hydrogens (primary N) is 1. The van der Waals surface area contributed by atoms with Crippen molar-refractivity contribution in [1.29, 1.82) is 0 Å². The number of hydrogen-bond acceptors (Lipinski definition) is 3. The van der Waals surface area contributed by atoms with Crippen molar-refractivity contribution in [2.24, 2.45) is 23.6 Å². The van der Waals surface area contributed by atoms with Crippen LogP contribution in [-0.4, -0.2) is 4.98 Å². The Kier molecular flexibility index (Phi) is 2.97. The van der Waals surface area contributed by atoms with E-state index in [1.165, 1.54) is 36.6 Å². The van der Waals surface area contributed by atoms with Crippen LogP contribution in [-0.2, 0) is 0 Å². The fraction of sp³-hybridized carbons (Fsp3) is 0.471. The maximum atomic E-state index is 5.88. The number of aromatic nitrogens is 1. The molecule has 2 aromatic rings. The molecule has 2 fully saturated rings. The topological polar surface area (TPSA) is 50.9 Å². The summed E-state index contributed by atoms with van der Waals surface area (Å²) in [7, 11) is 0. The van der Waals surface area contributed by atoms with Gasteiger partial charge >= 0.3 is 0 Å². The Morgan fingerprint density at radius 2 is 1.95 bits per heavy atom. The average Bonchev–Trinajstić information content (AvgIpc) is 3.22. The molecule has 3 atom stereocenters. The monoisotopic (exact) mass is 267 g/mol. The average molecular weight is 267 g/mol. The molecule has 0 spiro atoms. The van der Waals surface area contributed by atoms with Gasteiger partial charge in [0.05, 0.1) is 5.52 Å². The second-order valence-corrected chi connectivity index (χ2v) is 6.29. The number of hydrazine groups is 1. The van der Waals surface area contributed by atoms with Crippen LogP contribution in [0.4, 0.5) is 0 Å². The third-order valence-electron chi connectivity index (χ3n) is 5.27. The van der Waals surface area contributed by atoms with Crippen molar-refractivity contribution in [2.75, 3.05) is 0 Å². The summed E-state index contributed by atoms with van der Waals surface area (Å²) in [6.07, 6.45) is 7.43. The molecule has 0 amide bonds. The van der Waals surface area contributed by atoms with E-state index >= 15 is 0 Å². The van der Waals surface area contributed by atoms with E-state index < -0.39 is 0 Å². The zero-order chi connectivity index (χ0) is 13.5. The molecule has 1 aromatic carbocycles. The highest BCUT2D eigenvalue weighted by atomic mass is 15.2. The van der Waals surface area contributed by atoms with Gasteiger partial charge in [0, 0.05) is 17.6 Å². The van der Waals surface area contributed by atoms with Gasteiger partial charge in [0.15, 0.2) is 0 Å². The summed E-state index contributed by atoms with van der Waals surface area (Å²) in [5.74, 6) is 8.41. The van der Waals surface area contributed by atoms with Crippen LogP contribution in [0.15, 0.2) is 36.5 Å². The van der Waals surface area contributed by atoms with Crippen LogP contribution >= 0.6 is 0 Å². The lowest BCUT2D eigenvalue weighted by atomic mass is 9.98. The molecular formula is C17H21N3. The van der Waals surface area contributed by atoms with Crippen molar-refractivity contribution < 1.29 is 0 Å². The van der Waals surface area contributed by atoms with E-state index in [0.29, 0.717) is 6.04 Å². The zero-order valence-corrected chi connectivity index (χ0v) is 11.6. The second-order valence-electron chi connectivity index (χ2n) is 6.29. The maximum Gasteiger partial charge on any atom is 0.0702 e. The molecule has 1 heterocycles. The standard InChI is InChI=1S/C17H21N3/c18-20-17(16-13-5-1-2-6-14(13)16)12-7-8-15-11(10-12)4-3-9-19-15/h3-4,7-10,13-14,16-17,20H,1-2,5-6,18H2. The molecule has 3 heteroatoms. The van der Waals surface area contributed by atoms with Gasteiger partial charge in [0.25, 0.3) is 0 Å². The highest BCUT2D eigenvalue weighted by Gasteiger charge is 2.54. The van der Waals surface area contributed by atoms with Crippen LogP contribution in [0.5, 0.6) is 0 Å². The van der Waals surface area contributed by atoms with Crippen molar-refractivity contribution in [3.63, 3.8) is 0 Å². The number of hydrogen-bond donors (Lipinski definition) is 2. The third kappa shape index (κ3) is 1.93. The lowest BCUT2D eigenvalue weighted by Crippen LogP contribution is -2.30. The van der Waals surface area contributed by atoms with E-state index in [4.69, 9.17) is 5.84 Å². The van der Waals surface area contributed by atoms with Crippen molar-refractivity contribution in [3.8, 4) is 0 Å². The van der Waals surface area contributed by atoms with Gasteiger partial charge in [-0.15, -0.1) is 0 Å². The molecule has 3 unspecified atom stereocenters.